The first-order chi connectivity index (χ1) is 7.09. The number of allylic oxidation sites excluding steroid dienone is 1. The fourth-order valence-electron chi connectivity index (χ4n) is 1.40. The SMILES string of the molecule is Cc1ccc(C(O)C/C=C\C(C)C)cc1. The number of aryl methyl sites for hydroxylation is 1. The molecule has 0 saturated heterocycles. The molecule has 0 aliphatic rings. The molecule has 0 spiro atoms. The number of aliphatic hydroxyl groups excluding tert-OH is 1. The number of hydrogen-bond donors (Lipinski definition) is 1. The van der Waals surface area contributed by atoms with Crippen LogP contribution in [-0.4, -0.2) is 5.11 Å². The zero-order chi connectivity index (χ0) is 11.3. The molecular weight excluding hydrogens is 184 g/mol. The van der Waals surface area contributed by atoms with E-state index in [-0.39, 0.29) is 6.10 Å². The Morgan fingerprint density at radius 2 is 1.80 bits per heavy atom. The van der Waals surface area contributed by atoms with Crippen LogP contribution in [0, 0.1) is 12.8 Å². The maximum absolute atomic E-state index is 9.87. The van der Waals surface area contributed by atoms with E-state index in [1.807, 2.05) is 24.3 Å². The molecule has 15 heavy (non-hydrogen) atoms. The molecule has 0 aliphatic heterocycles. The summed E-state index contributed by atoms with van der Waals surface area (Å²) in [6.07, 6.45) is 4.49. The van der Waals surface area contributed by atoms with Crippen molar-refractivity contribution in [2.24, 2.45) is 5.92 Å². The topological polar surface area (TPSA) is 20.2 Å². The van der Waals surface area contributed by atoms with Crippen LogP contribution in [0.4, 0.5) is 0 Å². The average Bonchev–Trinajstić information content (AvgIpc) is 2.18. The van der Waals surface area contributed by atoms with Gasteiger partial charge in [0.25, 0.3) is 0 Å². The van der Waals surface area contributed by atoms with Crippen LogP contribution in [0.1, 0.15) is 37.5 Å². The maximum Gasteiger partial charge on any atom is 0.0824 e. The highest BCUT2D eigenvalue weighted by atomic mass is 16.3. The molecule has 0 aliphatic carbocycles. The summed E-state index contributed by atoms with van der Waals surface area (Å²) < 4.78 is 0. The van der Waals surface area contributed by atoms with Crippen LogP contribution in [0.5, 0.6) is 0 Å². The van der Waals surface area contributed by atoms with Gasteiger partial charge in [-0.2, -0.15) is 0 Å². The molecule has 1 aromatic rings. The van der Waals surface area contributed by atoms with Crippen LogP contribution < -0.4 is 0 Å². The monoisotopic (exact) mass is 204 g/mol. The lowest BCUT2D eigenvalue weighted by Crippen LogP contribution is -1.95. The molecule has 0 radical (unpaired) electrons. The van der Waals surface area contributed by atoms with Crippen LogP contribution >= 0.6 is 0 Å². The first-order valence-electron chi connectivity index (χ1n) is 5.51. The van der Waals surface area contributed by atoms with Gasteiger partial charge in [0.05, 0.1) is 6.10 Å². The van der Waals surface area contributed by atoms with E-state index >= 15 is 0 Å². The quantitative estimate of drug-likeness (QED) is 0.742. The van der Waals surface area contributed by atoms with Gasteiger partial charge in [0, 0.05) is 0 Å². The first kappa shape index (κ1) is 12.0. The summed E-state index contributed by atoms with van der Waals surface area (Å²) in [7, 11) is 0. The van der Waals surface area contributed by atoms with E-state index in [2.05, 4.69) is 32.9 Å². The average molecular weight is 204 g/mol. The number of benzene rings is 1. The van der Waals surface area contributed by atoms with Gasteiger partial charge >= 0.3 is 0 Å². The number of rotatable bonds is 4. The normalized spacial score (nSPS) is 13.7. The zero-order valence-electron chi connectivity index (χ0n) is 9.77. The van der Waals surface area contributed by atoms with Gasteiger partial charge in [-0.05, 0) is 24.8 Å². The molecule has 1 nitrogen and oxygen atoms in total. The fourth-order valence-corrected chi connectivity index (χ4v) is 1.40. The van der Waals surface area contributed by atoms with Crippen molar-refractivity contribution in [3.63, 3.8) is 0 Å². The second kappa shape index (κ2) is 5.72. The van der Waals surface area contributed by atoms with E-state index in [0.717, 1.165) is 5.56 Å². The molecule has 0 saturated carbocycles. The van der Waals surface area contributed by atoms with Crippen LogP contribution in [0.15, 0.2) is 36.4 Å². The maximum atomic E-state index is 9.87. The Balaban J connectivity index is 2.53. The lowest BCUT2D eigenvalue weighted by atomic mass is 10.0. The summed E-state index contributed by atoms with van der Waals surface area (Å²) in [6.45, 7) is 6.32. The Morgan fingerprint density at radius 1 is 1.20 bits per heavy atom. The van der Waals surface area contributed by atoms with Crippen LogP contribution in [0.3, 0.4) is 0 Å². The van der Waals surface area contributed by atoms with Gasteiger partial charge in [-0.3, -0.25) is 0 Å². The summed E-state index contributed by atoms with van der Waals surface area (Å²) in [6, 6.07) is 8.04. The third-order valence-corrected chi connectivity index (χ3v) is 2.34. The summed E-state index contributed by atoms with van der Waals surface area (Å²) in [5.41, 5.74) is 2.22. The standard InChI is InChI=1S/C14H20O/c1-11(2)5-4-6-14(15)13-9-7-12(3)8-10-13/h4-5,7-11,14-15H,6H2,1-3H3/b5-4-. The molecule has 0 heterocycles. The van der Waals surface area contributed by atoms with E-state index in [9.17, 15) is 5.11 Å². The van der Waals surface area contributed by atoms with Gasteiger partial charge in [0.1, 0.15) is 0 Å². The predicted octanol–water partition coefficient (Wildman–Crippen LogP) is 3.63. The van der Waals surface area contributed by atoms with E-state index in [4.69, 9.17) is 0 Å². The lowest BCUT2D eigenvalue weighted by molar-refractivity contribution is 0.181. The highest BCUT2D eigenvalue weighted by Gasteiger charge is 2.04. The second-order valence-electron chi connectivity index (χ2n) is 4.33. The van der Waals surface area contributed by atoms with Crippen LogP contribution in [-0.2, 0) is 0 Å². The van der Waals surface area contributed by atoms with Crippen molar-refractivity contribution >= 4 is 0 Å². The fraction of sp³-hybridized carbons (Fsp3) is 0.429. The van der Waals surface area contributed by atoms with Gasteiger partial charge in [0.2, 0.25) is 0 Å². The molecule has 1 aromatic carbocycles. The summed E-state index contributed by atoms with van der Waals surface area (Å²) in [5.74, 6) is 0.551. The van der Waals surface area contributed by atoms with Crippen molar-refractivity contribution in [1.82, 2.24) is 0 Å². The number of aliphatic hydroxyl groups is 1. The van der Waals surface area contributed by atoms with Gasteiger partial charge in [-0.1, -0.05) is 55.8 Å². The molecule has 82 valence electrons. The van der Waals surface area contributed by atoms with Crippen molar-refractivity contribution in [3.8, 4) is 0 Å². The zero-order valence-corrected chi connectivity index (χ0v) is 9.77. The Labute approximate surface area is 92.5 Å². The van der Waals surface area contributed by atoms with Crippen molar-refractivity contribution in [1.29, 1.82) is 0 Å². The van der Waals surface area contributed by atoms with Gasteiger partial charge < -0.3 is 5.11 Å². The van der Waals surface area contributed by atoms with Gasteiger partial charge in [0.15, 0.2) is 0 Å². The molecule has 1 N–H and O–H groups in total. The van der Waals surface area contributed by atoms with Crippen LogP contribution in [0.2, 0.25) is 0 Å². The van der Waals surface area contributed by atoms with Gasteiger partial charge in [-0.15, -0.1) is 0 Å². The highest BCUT2D eigenvalue weighted by Crippen LogP contribution is 2.17. The Kier molecular flexibility index (Phi) is 4.57. The molecule has 0 amide bonds. The molecule has 0 aromatic heterocycles. The van der Waals surface area contributed by atoms with Crippen molar-refractivity contribution < 1.29 is 5.11 Å². The minimum absolute atomic E-state index is 0.374. The highest BCUT2D eigenvalue weighted by molar-refractivity contribution is 5.23. The Morgan fingerprint density at radius 3 is 2.33 bits per heavy atom. The molecule has 1 unspecified atom stereocenters. The summed E-state index contributed by atoms with van der Waals surface area (Å²) in [5, 5.41) is 9.87. The Hall–Kier alpha value is -1.08. The van der Waals surface area contributed by atoms with Crippen molar-refractivity contribution in [3.05, 3.63) is 47.5 Å². The van der Waals surface area contributed by atoms with E-state index in [0.29, 0.717) is 12.3 Å². The molecule has 1 heteroatoms. The number of hydrogen-bond acceptors (Lipinski definition) is 1. The van der Waals surface area contributed by atoms with Gasteiger partial charge in [-0.25, -0.2) is 0 Å². The third-order valence-electron chi connectivity index (χ3n) is 2.34. The van der Waals surface area contributed by atoms with Crippen LogP contribution in [0.25, 0.3) is 0 Å². The van der Waals surface area contributed by atoms with E-state index < -0.39 is 0 Å². The first-order valence-corrected chi connectivity index (χ1v) is 5.51. The molecule has 1 atom stereocenters. The van der Waals surface area contributed by atoms with E-state index in [1.165, 1.54) is 5.56 Å². The third kappa shape index (κ3) is 4.30. The summed E-state index contributed by atoms with van der Waals surface area (Å²) in [4.78, 5) is 0. The minimum atomic E-state index is -0.374. The predicted molar refractivity (Wildman–Crippen MR) is 64.7 cm³/mol. The van der Waals surface area contributed by atoms with E-state index in [1.54, 1.807) is 0 Å². The largest absolute Gasteiger partial charge is 0.388 e. The van der Waals surface area contributed by atoms with Crippen molar-refractivity contribution in [2.45, 2.75) is 33.3 Å². The summed E-state index contributed by atoms with van der Waals surface area (Å²) >= 11 is 0. The molecular formula is C14H20O. The minimum Gasteiger partial charge on any atom is -0.388 e. The molecule has 0 bridgehead atoms. The smallest absolute Gasteiger partial charge is 0.0824 e. The Bertz CT molecular complexity index is 309. The lowest BCUT2D eigenvalue weighted by Gasteiger charge is -2.08. The van der Waals surface area contributed by atoms with Crippen molar-refractivity contribution in [2.75, 3.05) is 0 Å². The molecule has 1 rings (SSSR count). The molecule has 0 fully saturated rings. The second-order valence-corrected chi connectivity index (χ2v) is 4.33.